The number of hydrogen-bond acceptors (Lipinski definition) is 3. The minimum absolute atomic E-state index is 0. The Labute approximate surface area is 82.2 Å². The monoisotopic (exact) mass is 208 g/mol. The fraction of sp³-hybridized carbons (Fsp3) is 0.143. The number of ether oxygens (including phenoxy) is 1. The molecule has 0 aromatic heterocycles. The number of nitrogens with one attached hydrogen (secondary N) is 1. The van der Waals surface area contributed by atoms with Gasteiger partial charge in [-0.05, 0) is 12.1 Å². The smallest absolute Gasteiger partial charge is 0.162 e. The van der Waals surface area contributed by atoms with Gasteiger partial charge in [-0.15, -0.1) is 12.4 Å². The first-order valence-electron chi connectivity index (χ1n) is 3.12. The van der Waals surface area contributed by atoms with E-state index < -0.39 is 0 Å². The molecule has 0 saturated carbocycles. The van der Waals surface area contributed by atoms with Gasteiger partial charge >= 0.3 is 0 Å². The summed E-state index contributed by atoms with van der Waals surface area (Å²) < 4.78 is 5.02. The van der Waals surface area contributed by atoms with Gasteiger partial charge in [0.2, 0.25) is 0 Å². The molecule has 0 atom stereocenters. The SMILES string of the molecule is Cl.NNc1cccc(OCCl)c1. The van der Waals surface area contributed by atoms with Crippen LogP contribution < -0.4 is 16.0 Å². The predicted molar refractivity (Wildman–Crippen MR) is 52.8 cm³/mol. The van der Waals surface area contributed by atoms with Crippen molar-refractivity contribution in [1.29, 1.82) is 0 Å². The average Bonchev–Trinajstić information content (AvgIpc) is 2.06. The van der Waals surface area contributed by atoms with E-state index in [2.05, 4.69) is 5.43 Å². The second-order valence-corrected chi connectivity index (χ2v) is 2.14. The van der Waals surface area contributed by atoms with Crippen molar-refractivity contribution in [3.05, 3.63) is 24.3 Å². The Morgan fingerprint density at radius 1 is 1.50 bits per heavy atom. The summed E-state index contributed by atoms with van der Waals surface area (Å²) in [6.07, 6.45) is 0. The molecule has 0 saturated heterocycles. The Balaban J connectivity index is 0.00000121. The van der Waals surface area contributed by atoms with Gasteiger partial charge in [-0.2, -0.15) is 0 Å². The first-order valence-corrected chi connectivity index (χ1v) is 3.65. The Bertz CT molecular complexity index is 232. The molecule has 3 nitrogen and oxygen atoms in total. The van der Waals surface area contributed by atoms with Crippen LogP contribution in [0.5, 0.6) is 5.75 Å². The van der Waals surface area contributed by atoms with Crippen LogP contribution in [0.3, 0.4) is 0 Å². The van der Waals surface area contributed by atoms with Crippen LogP contribution in [0.2, 0.25) is 0 Å². The number of nitrogens with two attached hydrogens (primary N) is 1. The molecule has 68 valence electrons. The van der Waals surface area contributed by atoms with Gasteiger partial charge in [0.15, 0.2) is 6.07 Å². The van der Waals surface area contributed by atoms with Crippen LogP contribution in [-0.2, 0) is 0 Å². The van der Waals surface area contributed by atoms with Crippen molar-refractivity contribution in [2.45, 2.75) is 0 Å². The zero-order valence-corrected chi connectivity index (χ0v) is 7.86. The molecule has 0 aliphatic rings. The van der Waals surface area contributed by atoms with Crippen LogP contribution in [0.4, 0.5) is 5.69 Å². The number of anilines is 1. The minimum atomic E-state index is 0. The average molecular weight is 209 g/mol. The fourth-order valence-electron chi connectivity index (χ4n) is 0.739. The first-order chi connectivity index (χ1) is 5.36. The van der Waals surface area contributed by atoms with E-state index in [1.165, 1.54) is 0 Å². The zero-order valence-electron chi connectivity index (χ0n) is 6.29. The largest absolute Gasteiger partial charge is 0.478 e. The summed E-state index contributed by atoms with van der Waals surface area (Å²) in [5, 5.41) is 0. The van der Waals surface area contributed by atoms with Gasteiger partial charge in [0.1, 0.15) is 5.75 Å². The molecular formula is C7H10Cl2N2O. The number of benzene rings is 1. The standard InChI is InChI=1S/C7H9ClN2O.ClH/c8-5-11-7-3-1-2-6(4-7)10-9;/h1-4,10H,5,9H2;1H. The molecule has 1 aromatic carbocycles. The van der Waals surface area contributed by atoms with E-state index in [1.54, 1.807) is 6.07 Å². The van der Waals surface area contributed by atoms with E-state index in [1.807, 2.05) is 18.2 Å². The summed E-state index contributed by atoms with van der Waals surface area (Å²) in [4.78, 5) is 0. The molecule has 3 N–H and O–H groups in total. The number of nitrogen functional groups attached to an aromatic ring is 1. The summed E-state index contributed by atoms with van der Waals surface area (Å²) in [7, 11) is 0. The topological polar surface area (TPSA) is 47.3 Å². The minimum Gasteiger partial charge on any atom is -0.478 e. The molecule has 1 aromatic rings. The predicted octanol–water partition coefficient (Wildman–Crippen LogP) is 1.97. The number of hydrogen-bond donors (Lipinski definition) is 2. The molecule has 5 heteroatoms. The maximum absolute atomic E-state index is 5.36. The van der Waals surface area contributed by atoms with E-state index >= 15 is 0 Å². The van der Waals surface area contributed by atoms with Crippen LogP contribution >= 0.6 is 24.0 Å². The number of alkyl halides is 1. The number of halogens is 2. The molecule has 0 spiro atoms. The van der Waals surface area contributed by atoms with Crippen LogP contribution in [0.15, 0.2) is 24.3 Å². The Morgan fingerprint density at radius 3 is 2.83 bits per heavy atom. The van der Waals surface area contributed by atoms with Crippen molar-refractivity contribution in [2.24, 2.45) is 5.84 Å². The molecular weight excluding hydrogens is 199 g/mol. The van der Waals surface area contributed by atoms with Crippen molar-refractivity contribution in [3.63, 3.8) is 0 Å². The highest BCUT2D eigenvalue weighted by molar-refractivity contribution is 6.17. The van der Waals surface area contributed by atoms with Crippen molar-refractivity contribution < 1.29 is 4.74 Å². The van der Waals surface area contributed by atoms with Gasteiger partial charge in [-0.25, -0.2) is 0 Å². The van der Waals surface area contributed by atoms with Gasteiger partial charge in [0, 0.05) is 6.07 Å². The zero-order chi connectivity index (χ0) is 8.10. The molecule has 0 aliphatic heterocycles. The lowest BCUT2D eigenvalue weighted by Gasteiger charge is -2.03. The van der Waals surface area contributed by atoms with Gasteiger partial charge in [-0.3, -0.25) is 5.84 Å². The van der Waals surface area contributed by atoms with E-state index in [9.17, 15) is 0 Å². The van der Waals surface area contributed by atoms with Crippen LogP contribution in [0.1, 0.15) is 0 Å². The van der Waals surface area contributed by atoms with E-state index in [0.29, 0.717) is 5.75 Å². The van der Waals surface area contributed by atoms with E-state index in [-0.39, 0.29) is 18.5 Å². The maximum Gasteiger partial charge on any atom is 0.162 e. The van der Waals surface area contributed by atoms with Gasteiger partial charge in [0.25, 0.3) is 0 Å². The molecule has 12 heavy (non-hydrogen) atoms. The third kappa shape index (κ3) is 3.17. The molecule has 0 heterocycles. The first kappa shape index (κ1) is 11.4. The highest BCUT2D eigenvalue weighted by atomic mass is 35.5. The lowest BCUT2D eigenvalue weighted by atomic mass is 10.3. The second kappa shape index (κ2) is 5.94. The second-order valence-electron chi connectivity index (χ2n) is 1.93. The molecule has 0 bridgehead atoms. The maximum atomic E-state index is 5.36. The van der Waals surface area contributed by atoms with Gasteiger partial charge < -0.3 is 10.2 Å². The van der Waals surface area contributed by atoms with Crippen LogP contribution in [0, 0.1) is 0 Å². The van der Waals surface area contributed by atoms with Crippen molar-refractivity contribution in [3.8, 4) is 5.75 Å². The summed E-state index contributed by atoms with van der Waals surface area (Å²) in [6.45, 7) is 0. The molecule has 1 rings (SSSR count). The fourth-order valence-corrected chi connectivity index (χ4v) is 0.865. The van der Waals surface area contributed by atoms with Crippen molar-refractivity contribution >= 4 is 29.7 Å². The highest BCUT2D eigenvalue weighted by Gasteiger charge is 1.92. The molecule has 0 unspecified atom stereocenters. The summed E-state index contributed by atoms with van der Waals surface area (Å²) in [5.41, 5.74) is 3.30. The van der Waals surface area contributed by atoms with E-state index in [4.69, 9.17) is 22.2 Å². The quantitative estimate of drug-likeness (QED) is 0.454. The van der Waals surface area contributed by atoms with Gasteiger partial charge in [-0.1, -0.05) is 17.7 Å². The molecule has 0 radical (unpaired) electrons. The van der Waals surface area contributed by atoms with E-state index in [0.717, 1.165) is 5.69 Å². The summed E-state index contributed by atoms with van der Waals surface area (Å²) in [5.74, 6) is 5.88. The van der Waals surface area contributed by atoms with Gasteiger partial charge in [0.05, 0.1) is 5.69 Å². The van der Waals surface area contributed by atoms with Crippen molar-refractivity contribution in [1.82, 2.24) is 0 Å². The Morgan fingerprint density at radius 2 is 2.25 bits per heavy atom. The summed E-state index contributed by atoms with van der Waals surface area (Å²) in [6, 6.07) is 7.39. The lowest BCUT2D eigenvalue weighted by molar-refractivity contribution is 0.388. The Kier molecular flexibility index (Phi) is 5.62. The lowest BCUT2D eigenvalue weighted by Crippen LogP contribution is -2.06. The van der Waals surface area contributed by atoms with Crippen molar-refractivity contribution in [2.75, 3.05) is 11.5 Å². The van der Waals surface area contributed by atoms with Crippen LogP contribution in [-0.4, -0.2) is 6.07 Å². The number of rotatable bonds is 3. The molecule has 0 amide bonds. The summed E-state index contributed by atoms with van der Waals surface area (Å²) >= 11 is 5.36. The normalized spacial score (nSPS) is 8.50. The highest BCUT2D eigenvalue weighted by Crippen LogP contribution is 2.16. The van der Waals surface area contributed by atoms with Crippen LogP contribution in [0.25, 0.3) is 0 Å². The number of hydrazine groups is 1. The third-order valence-electron chi connectivity index (χ3n) is 1.22. The third-order valence-corrected chi connectivity index (χ3v) is 1.33. The molecule has 0 aliphatic carbocycles. The molecule has 0 fully saturated rings. The Hall–Kier alpha value is -0.640.